The van der Waals surface area contributed by atoms with Crippen LogP contribution in [0.25, 0.3) is 38.8 Å². The molecule has 5 heteroatoms. The number of hydrogen-bond acceptors (Lipinski definition) is 3. The summed E-state index contributed by atoms with van der Waals surface area (Å²) in [6.07, 6.45) is 3.87. The number of pyridine rings is 2. The highest BCUT2D eigenvalue weighted by Crippen LogP contribution is 2.41. The molecular formula is C40H26N4Si. The monoisotopic (exact) mass is 590 g/mol. The predicted octanol–water partition coefficient (Wildman–Crippen LogP) is 6.71. The molecule has 2 aliphatic heterocycles. The minimum absolute atomic E-state index is 0.904. The zero-order chi connectivity index (χ0) is 29.5. The first kappa shape index (κ1) is 24.6. The standard InChI is InChI=1S/C40H26N4Si/c1-4-15-31-30(14-1)40-34(18-11-25-41-40)43(31)27-23-24-39(42-26-27)44-32-16-5-9-21-37(32)45(38-22-10-6-17-33(38)44)35-19-7-2-12-28(35)29-13-3-8-20-36(29)45/h1-26H. The van der Waals surface area contributed by atoms with Gasteiger partial charge in [0.15, 0.2) is 8.07 Å². The van der Waals surface area contributed by atoms with Gasteiger partial charge in [-0.15, -0.1) is 0 Å². The molecule has 4 nitrogen and oxygen atoms in total. The third kappa shape index (κ3) is 3.15. The Hall–Kier alpha value is -5.78. The normalized spacial score (nSPS) is 13.9. The molecule has 45 heavy (non-hydrogen) atoms. The average molecular weight is 591 g/mol. The van der Waals surface area contributed by atoms with Gasteiger partial charge in [-0.3, -0.25) is 9.88 Å². The van der Waals surface area contributed by atoms with Crippen molar-refractivity contribution in [3.05, 3.63) is 158 Å². The molecule has 3 aromatic heterocycles. The summed E-state index contributed by atoms with van der Waals surface area (Å²) in [6, 6.07) is 53.1. The van der Waals surface area contributed by atoms with Crippen molar-refractivity contribution in [1.29, 1.82) is 0 Å². The van der Waals surface area contributed by atoms with Gasteiger partial charge in [0.05, 0.1) is 28.4 Å². The second-order valence-corrected chi connectivity index (χ2v) is 15.5. The quantitative estimate of drug-likeness (QED) is 0.210. The Morgan fingerprint density at radius 1 is 0.467 bits per heavy atom. The first-order chi connectivity index (χ1) is 22.4. The van der Waals surface area contributed by atoms with Crippen molar-refractivity contribution in [3.63, 3.8) is 0 Å². The minimum atomic E-state index is -2.57. The van der Waals surface area contributed by atoms with Gasteiger partial charge in [0.2, 0.25) is 0 Å². The second kappa shape index (κ2) is 9.11. The molecule has 2 aliphatic rings. The van der Waals surface area contributed by atoms with Crippen LogP contribution in [0, 0.1) is 0 Å². The Balaban J connectivity index is 1.20. The molecule has 0 radical (unpaired) electrons. The van der Waals surface area contributed by atoms with Gasteiger partial charge in [-0.25, -0.2) is 4.98 Å². The number of para-hydroxylation sites is 3. The summed E-state index contributed by atoms with van der Waals surface area (Å²) in [5.41, 5.74) is 9.35. The minimum Gasteiger partial charge on any atom is -0.306 e. The Bertz CT molecular complexity index is 2310. The van der Waals surface area contributed by atoms with E-state index in [4.69, 9.17) is 9.97 Å². The van der Waals surface area contributed by atoms with Crippen molar-refractivity contribution in [2.45, 2.75) is 0 Å². The number of hydrogen-bond donors (Lipinski definition) is 0. The van der Waals surface area contributed by atoms with Gasteiger partial charge in [-0.05, 0) is 74.3 Å². The van der Waals surface area contributed by atoms with E-state index < -0.39 is 8.07 Å². The summed E-state index contributed by atoms with van der Waals surface area (Å²) in [4.78, 5) is 12.3. The van der Waals surface area contributed by atoms with Crippen LogP contribution in [0.3, 0.4) is 0 Å². The summed E-state index contributed by atoms with van der Waals surface area (Å²) in [6.45, 7) is 0. The van der Waals surface area contributed by atoms with Gasteiger partial charge in [-0.1, -0.05) is 103 Å². The number of fused-ring (bicyclic) bond motifs is 12. The summed E-state index contributed by atoms with van der Waals surface area (Å²) in [5, 5.41) is 6.88. The Morgan fingerprint density at radius 2 is 1.04 bits per heavy atom. The molecule has 0 N–H and O–H groups in total. The van der Waals surface area contributed by atoms with E-state index in [9.17, 15) is 0 Å². The number of nitrogens with zero attached hydrogens (tertiary/aromatic N) is 4. The first-order valence-corrected chi connectivity index (χ1v) is 17.3. The van der Waals surface area contributed by atoms with Crippen LogP contribution in [0.4, 0.5) is 17.2 Å². The van der Waals surface area contributed by atoms with Gasteiger partial charge >= 0.3 is 0 Å². The summed E-state index contributed by atoms with van der Waals surface area (Å²) < 4.78 is 2.26. The third-order valence-corrected chi connectivity index (χ3v) is 14.6. The highest BCUT2D eigenvalue weighted by atomic mass is 28.3. The summed E-state index contributed by atoms with van der Waals surface area (Å²) >= 11 is 0. The van der Waals surface area contributed by atoms with E-state index in [-0.39, 0.29) is 0 Å². The van der Waals surface area contributed by atoms with E-state index >= 15 is 0 Å². The Morgan fingerprint density at radius 3 is 1.71 bits per heavy atom. The van der Waals surface area contributed by atoms with Crippen molar-refractivity contribution in [1.82, 2.24) is 14.5 Å². The van der Waals surface area contributed by atoms with E-state index in [2.05, 4.69) is 149 Å². The molecule has 0 saturated carbocycles. The maximum Gasteiger partial charge on any atom is 0.185 e. The van der Waals surface area contributed by atoms with Gasteiger partial charge in [-0.2, -0.15) is 0 Å². The van der Waals surface area contributed by atoms with Crippen LogP contribution in [0.2, 0.25) is 0 Å². The van der Waals surface area contributed by atoms with Gasteiger partial charge in [0.1, 0.15) is 5.82 Å². The Labute approximate surface area is 261 Å². The maximum atomic E-state index is 5.17. The van der Waals surface area contributed by atoms with Crippen LogP contribution in [0.15, 0.2) is 158 Å². The second-order valence-electron chi connectivity index (χ2n) is 11.8. The van der Waals surface area contributed by atoms with Crippen LogP contribution in [0.1, 0.15) is 0 Å². The average Bonchev–Trinajstić information content (AvgIpc) is 3.60. The molecule has 210 valence electrons. The van der Waals surface area contributed by atoms with Crippen LogP contribution in [0.5, 0.6) is 0 Å². The van der Waals surface area contributed by atoms with Crippen molar-refractivity contribution in [2.24, 2.45) is 0 Å². The topological polar surface area (TPSA) is 34.0 Å². The fourth-order valence-corrected chi connectivity index (χ4v) is 13.5. The van der Waals surface area contributed by atoms with Gasteiger partial charge in [0, 0.05) is 23.0 Å². The first-order valence-electron chi connectivity index (χ1n) is 15.3. The fourth-order valence-electron chi connectivity index (χ4n) is 8.01. The Kier molecular flexibility index (Phi) is 4.99. The van der Waals surface area contributed by atoms with E-state index in [0.717, 1.165) is 33.4 Å². The maximum absolute atomic E-state index is 5.17. The molecule has 10 rings (SSSR count). The molecule has 0 aliphatic carbocycles. The largest absolute Gasteiger partial charge is 0.306 e. The SMILES string of the molecule is c1ccc2c(c1)-c1ccccc1[Si]21c2ccccc2N(c2ccc(-n3c4ccccc4c4ncccc43)cn2)c2ccccc21. The molecule has 5 aromatic carbocycles. The third-order valence-electron chi connectivity index (χ3n) is 9.70. The molecule has 0 atom stereocenters. The number of benzene rings is 5. The molecule has 5 heterocycles. The van der Waals surface area contributed by atoms with Crippen molar-refractivity contribution >= 4 is 67.9 Å². The predicted molar refractivity (Wildman–Crippen MR) is 187 cm³/mol. The molecule has 0 fully saturated rings. The van der Waals surface area contributed by atoms with Crippen LogP contribution in [-0.2, 0) is 0 Å². The fraction of sp³-hybridized carbons (Fsp3) is 0. The van der Waals surface area contributed by atoms with E-state index in [0.29, 0.717) is 0 Å². The van der Waals surface area contributed by atoms with Crippen LogP contribution in [-0.4, -0.2) is 22.6 Å². The summed E-state index contributed by atoms with van der Waals surface area (Å²) in [5.74, 6) is 0.904. The molecule has 0 saturated heterocycles. The van der Waals surface area contributed by atoms with Gasteiger partial charge < -0.3 is 4.57 Å². The molecule has 8 aromatic rings. The molecule has 0 bridgehead atoms. The lowest BCUT2D eigenvalue weighted by Gasteiger charge is -2.43. The molecule has 0 amide bonds. The highest BCUT2D eigenvalue weighted by molar-refractivity contribution is 7.23. The van der Waals surface area contributed by atoms with Crippen molar-refractivity contribution in [2.75, 3.05) is 4.90 Å². The zero-order valence-electron chi connectivity index (χ0n) is 24.3. The molecule has 1 spiro atoms. The van der Waals surface area contributed by atoms with Crippen LogP contribution < -0.4 is 25.6 Å². The van der Waals surface area contributed by atoms with Crippen LogP contribution >= 0.6 is 0 Å². The zero-order valence-corrected chi connectivity index (χ0v) is 25.3. The number of anilines is 3. The number of rotatable bonds is 2. The smallest absolute Gasteiger partial charge is 0.185 e. The van der Waals surface area contributed by atoms with Gasteiger partial charge in [0.25, 0.3) is 0 Å². The van der Waals surface area contributed by atoms with Crippen molar-refractivity contribution in [3.8, 4) is 16.8 Å². The van der Waals surface area contributed by atoms with E-state index in [1.807, 2.05) is 18.5 Å². The summed E-state index contributed by atoms with van der Waals surface area (Å²) in [7, 11) is -2.57. The molecular weight excluding hydrogens is 565 g/mol. The lowest BCUT2D eigenvalue weighted by atomic mass is 10.1. The highest BCUT2D eigenvalue weighted by Gasteiger charge is 2.53. The lowest BCUT2D eigenvalue weighted by Crippen LogP contribution is -2.75. The molecule has 0 unspecified atom stereocenters. The lowest BCUT2D eigenvalue weighted by molar-refractivity contribution is 1.11. The van der Waals surface area contributed by atoms with E-state index in [1.165, 1.54) is 43.2 Å². The van der Waals surface area contributed by atoms with E-state index in [1.54, 1.807) is 0 Å². The number of aromatic nitrogens is 3. The van der Waals surface area contributed by atoms with Crippen molar-refractivity contribution < 1.29 is 0 Å².